The maximum Gasteiger partial charge on any atom is 0.0493 e. The third-order valence-electron chi connectivity index (χ3n) is 9.42. The van der Waals surface area contributed by atoms with Crippen LogP contribution in [-0.2, 0) is 0 Å². The van der Waals surface area contributed by atoms with E-state index >= 15 is 0 Å². The average molecular weight is 335 g/mol. The van der Waals surface area contributed by atoms with Gasteiger partial charge in [0.05, 0.1) is 0 Å². The van der Waals surface area contributed by atoms with E-state index in [2.05, 4.69) is 13.8 Å². The van der Waals surface area contributed by atoms with Gasteiger partial charge in [-0.1, -0.05) is 6.92 Å². The van der Waals surface area contributed by atoms with Gasteiger partial charge in [-0.2, -0.15) is 0 Å². The van der Waals surface area contributed by atoms with Crippen LogP contribution in [0.3, 0.4) is 0 Å². The highest BCUT2D eigenvalue weighted by Crippen LogP contribution is 2.67. The Bertz CT molecular complexity index is 480. The molecular weight excluding hydrogens is 296 g/mol. The lowest BCUT2D eigenvalue weighted by atomic mass is 9.44. The van der Waals surface area contributed by atoms with E-state index in [4.69, 9.17) is 11.5 Å². The van der Waals surface area contributed by atoms with Gasteiger partial charge in [0.1, 0.15) is 0 Å². The molecular formula is C21H38N2O. The van der Waals surface area contributed by atoms with Crippen molar-refractivity contribution < 1.29 is 5.11 Å². The van der Waals surface area contributed by atoms with E-state index in [1.54, 1.807) is 0 Å². The van der Waals surface area contributed by atoms with Crippen LogP contribution in [0.4, 0.5) is 0 Å². The Morgan fingerprint density at radius 1 is 1.04 bits per heavy atom. The van der Waals surface area contributed by atoms with Crippen molar-refractivity contribution in [2.75, 3.05) is 6.61 Å². The van der Waals surface area contributed by atoms with Gasteiger partial charge in [-0.3, -0.25) is 0 Å². The highest BCUT2D eigenvalue weighted by atomic mass is 16.3. The van der Waals surface area contributed by atoms with E-state index in [9.17, 15) is 5.11 Å². The maximum absolute atomic E-state index is 10.4. The van der Waals surface area contributed by atoms with E-state index in [1.807, 2.05) is 0 Å². The largest absolute Gasteiger partial charge is 0.396 e. The Morgan fingerprint density at radius 2 is 1.83 bits per heavy atom. The molecule has 4 aliphatic carbocycles. The molecule has 3 heteroatoms. The Balaban J connectivity index is 1.62. The molecule has 4 fully saturated rings. The van der Waals surface area contributed by atoms with Crippen molar-refractivity contribution in [1.82, 2.24) is 0 Å². The van der Waals surface area contributed by atoms with Crippen molar-refractivity contribution in [2.45, 2.75) is 83.7 Å². The fraction of sp³-hybridized carbons (Fsp3) is 1.00. The van der Waals surface area contributed by atoms with Crippen LogP contribution in [0.5, 0.6) is 0 Å². The second kappa shape index (κ2) is 5.96. The molecule has 0 bridgehead atoms. The predicted octanol–water partition coefficient (Wildman–Crippen LogP) is 3.29. The smallest absolute Gasteiger partial charge is 0.0493 e. The van der Waals surface area contributed by atoms with E-state index in [-0.39, 0.29) is 11.5 Å². The summed E-state index contributed by atoms with van der Waals surface area (Å²) in [5.74, 6) is 3.77. The van der Waals surface area contributed by atoms with Gasteiger partial charge in [-0.25, -0.2) is 0 Å². The van der Waals surface area contributed by atoms with Gasteiger partial charge >= 0.3 is 0 Å². The monoisotopic (exact) mass is 334 g/mol. The average Bonchev–Trinajstić information content (AvgIpc) is 2.95. The Labute approximate surface area is 147 Å². The lowest BCUT2D eigenvalue weighted by molar-refractivity contribution is -0.131. The summed E-state index contributed by atoms with van der Waals surface area (Å²) in [6, 6.07) is 0.659. The van der Waals surface area contributed by atoms with E-state index in [0.717, 1.165) is 17.8 Å². The minimum Gasteiger partial charge on any atom is -0.396 e. The van der Waals surface area contributed by atoms with Crippen LogP contribution in [-0.4, -0.2) is 23.8 Å². The van der Waals surface area contributed by atoms with Crippen LogP contribution < -0.4 is 11.5 Å². The van der Waals surface area contributed by atoms with Crippen LogP contribution >= 0.6 is 0 Å². The van der Waals surface area contributed by atoms with Crippen LogP contribution in [0.25, 0.3) is 0 Å². The molecule has 4 aliphatic rings. The fourth-order valence-corrected chi connectivity index (χ4v) is 8.24. The molecule has 0 spiro atoms. The first-order chi connectivity index (χ1) is 11.4. The van der Waals surface area contributed by atoms with E-state index in [0.29, 0.717) is 29.9 Å². The summed E-state index contributed by atoms with van der Waals surface area (Å²) in [4.78, 5) is 0. The van der Waals surface area contributed by atoms with Crippen molar-refractivity contribution in [1.29, 1.82) is 0 Å². The SMILES string of the molecule is CC(N)[C@H]1CC[C@H]2[C@@H]3CCC4CC(N)CC[C@]4(C)[C@H]3CC[C@]12CO. The van der Waals surface area contributed by atoms with Crippen LogP contribution in [0, 0.1) is 40.4 Å². The van der Waals surface area contributed by atoms with Crippen molar-refractivity contribution in [2.24, 2.45) is 51.9 Å². The number of rotatable bonds is 2. The second-order valence-electron chi connectivity index (χ2n) is 10.2. The highest BCUT2D eigenvalue weighted by molar-refractivity contribution is 5.11. The molecule has 0 radical (unpaired) electrons. The molecule has 9 atom stereocenters. The number of nitrogens with two attached hydrogens (primary N) is 2. The van der Waals surface area contributed by atoms with Crippen molar-refractivity contribution in [3.63, 3.8) is 0 Å². The van der Waals surface area contributed by atoms with Gasteiger partial charge in [0.25, 0.3) is 0 Å². The molecule has 0 amide bonds. The standard InChI is InChI=1S/C21H38N2O/c1-13(22)17-5-6-19-16-4-3-14-11-15(23)7-9-20(14,2)18(16)8-10-21(17,19)12-24/h13-19,24H,3-12,22-23H2,1-2H3/t13?,14?,15?,16-,17-,18+,19+,20+,21+/m1/s1. The summed E-state index contributed by atoms with van der Waals surface area (Å²) < 4.78 is 0. The van der Waals surface area contributed by atoms with Gasteiger partial charge in [0.15, 0.2) is 0 Å². The van der Waals surface area contributed by atoms with Crippen LogP contribution in [0.15, 0.2) is 0 Å². The number of fused-ring (bicyclic) bond motifs is 5. The molecule has 138 valence electrons. The van der Waals surface area contributed by atoms with Crippen molar-refractivity contribution in [3.05, 3.63) is 0 Å². The van der Waals surface area contributed by atoms with Crippen molar-refractivity contribution >= 4 is 0 Å². The highest BCUT2D eigenvalue weighted by Gasteiger charge is 2.61. The summed E-state index contributed by atoms with van der Waals surface area (Å²) in [6.45, 7) is 5.11. The van der Waals surface area contributed by atoms with Gasteiger partial charge in [-0.15, -0.1) is 0 Å². The lowest BCUT2D eigenvalue weighted by Gasteiger charge is -2.61. The van der Waals surface area contributed by atoms with Crippen LogP contribution in [0.1, 0.15) is 71.6 Å². The number of hydrogen-bond donors (Lipinski definition) is 3. The number of aliphatic hydroxyl groups is 1. The first-order valence-electron chi connectivity index (χ1n) is 10.5. The third-order valence-corrected chi connectivity index (χ3v) is 9.42. The first-order valence-corrected chi connectivity index (χ1v) is 10.5. The molecule has 5 N–H and O–H groups in total. The van der Waals surface area contributed by atoms with Crippen LogP contribution in [0.2, 0.25) is 0 Å². The van der Waals surface area contributed by atoms with Crippen molar-refractivity contribution in [3.8, 4) is 0 Å². The zero-order valence-corrected chi connectivity index (χ0v) is 15.7. The summed E-state index contributed by atoms with van der Waals surface area (Å²) in [6.07, 6.45) is 11.6. The fourth-order valence-electron chi connectivity index (χ4n) is 8.24. The topological polar surface area (TPSA) is 72.3 Å². The second-order valence-corrected chi connectivity index (χ2v) is 10.2. The van der Waals surface area contributed by atoms with E-state index < -0.39 is 0 Å². The van der Waals surface area contributed by atoms with Gasteiger partial charge in [-0.05, 0) is 99.7 Å². The summed E-state index contributed by atoms with van der Waals surface area (Å²) in [5, 5.41) is 10.4. The third kappa shape index (κ3) is 2.27. The summed E-state index contributed by atoms with van der Waals surface area (Å²) >= 11 is 0. The molecule has 4 saturated carbocycles. The molecule has 0 aromatic rings. The Morgan fingerprint density at radius 3 is 2.54 bits per heavy atom. The molecule has 0 aliphatic heterocycles. The molecule has 0 heterocycles. The Hall–Kier alpha value is -0.120. The van der Waals surface area contributed by atoms with Gasteiger partial charge in [0.2, 0.25) is 0 Å². The number of hydrogen-bond acceptors (Lipinski definition) is 3. The molecule has 24 heavy (non-hydrogen) atoms. The summed E-state index contributed by atoms with van der Waals surface area (Å²) in [7, 11) is 0. The molecule has 0 saturated heterocycles. The predicted molar refractivity (Wildman–Crippen MR) is 98.3 cm³/mol. The normalized spacial score (nSPS) is 55.4. The minimum atomic E-state index is 0.129. The maximum atomic E-state index is 10.4. The van der Waals surface area contributed by atoms with Gasteiger partial charge in [0, 0.05) is 24.1 Å². The quantitative estimate of drug-likeness (QED) is 0.725. The molecule has 0 aromatic carbocycles. The zero-order chi connectivity index (χ0) is 17.1. The minimum absolute atomic E-state index is 0.129. The van der Waals surface area contributed by atoms with E-state index in [1.165, 1.54) is 57.8 Å². The molecule has 3 nitrogen and oxygen atoms in total. The Kier molecular flexibility index (Phi) is 4.29. The first kappa shape index (κ1) is 17.3. The molecule has 4 rings (SSSR count). The lowest BCUT2D eigenvalue weighted by Crippen LogP contribution is -2.56. The van der Waals surface area contributed by atoms with Gasteiger partial charge < -0.3 is 16.6 Å². The summed E-state index contributed by atoms with van der Waals surface area (Å²) in [5.41, 5.74) is 13.3. The molecule has 3 unspecified atom stereocenters. The zero-order valence-electron chi connectivity index (χ0n) is 15.7. The molecule has 0 aromatic heterocycles. The number of aliphatic hydroxyl groups excluding tert-OH is 1.